The summed E-state index contributed by atoms with van der Waals surface area (Å²) < 4.78 is 0. The van der Waals surface area contributed by atoms with E-state index in [4.69, 9.17) is 0 Å². The molecule has 1 aliphatic rings. The standard InChI is InChI=1S/C5H12N2/c1-4-5(2)7-3-6-4/h4-7H,3H2,1-2H3. The fraction of sp³-hybridized carbons (Fsp3) is 1.00. The van der Waals surface area contributed by atoms with E-state index in [1.165, 1.54) is 0 Å². The van der Waals surface area contributed by atoms with Gasteiger partial charge in [-0.25, -0.2) is 0 Å². The lowest BCUT2D eigenvalue weighted by molar-refractivity contribution is 0.583. The fourth-order valence-electron chi connectivity index (χ4n) is 0.734. The molecule has 0 aromatic carbocycles. The predicted octanol–water partition coefficient (Wildman–Crippen LogP) is -0.0863. The van der Waals surface area contributed by atoms with Crippen molar-refractivity contribution in [2.24, 2.45) is 0 Å². The Morgan fingerprint density at radius 2 is 1.57 bits per heavy atom. The second-order valence-corrected chi connectivity index (χ2v) is 2.16. The molecular weight excluding hydrogens is 88.1 g/mol. The van der Waals surface area contributed by atoms with Gasteiger partial charge in [-0.2, -0.15) is 0 Å². The van der Waals surface area contributed by atoms with Gasteiger partial charge in [0, 0.05) is 18.8 Å². The molecule has 1 rings (SSSR count). The first-order valence-electron chi connectivity index (χ1n) is 2.77. The van der Waals surface area contributed by atoms with Gasteiger partial charge in [0.2, 0.25) is 0 Å². The Labute approximate surface area is 44.3 Å². The average Bonchev–Trinajstić information content (AvgIpc) is 1.91. The molecule has 2 unspecified atom stereocenters. The van der Waals surface area contributed by atoms with Crippen molar-refractivity contribution in [2.75, 3.05) is 6.67 Å². The second kappa shape index (κ2) is 1.80. The maximum absolute atomic E-state index is 3.26. The molecule has 0 bridgehead atoms. The normalized spacial score (nSPS) is 42.0. The van der Waals surface area contributed by atoms with E-state index in [1.807, 2.05) is 0 Å². The van der Waals surface area contributed by atoms with Gasteiger partial charge < -0.3 is 10.6 Å². The highest BCUT2D eigenvalue weighted by molar-refractivity contribution is 4.79. The van der Waals surface area contributed by atoms with Crippen LogP contribution in [-0.4, -0.2) is 18.8 Å². The van der Waals surface area contributed by atoms with Crippen LogP contribution >= 0.6 is 0 Å². The van der Waals surface area contributed by atoms with Gasteiger partial charge in [-0.1, -0.05) is 0 Å². The summed E-state index contributed by atoms with van der Waals surface area (Å²) >= 11 is 0. The zero-order valence-corrected chi connectivity index (χ0v) is 4.86. The Kier molecular flexibility index (Phi) is 1.30. The topological polar surface area (TPSA) is 24.1 Å². The zero-order chi connectivity index (χ0) is 5.28. The van der Waals surface area contributed by atoms with Gasteiger partial charge in [-0.05, 0) is 13.8 Å². The van der Waals surface area contributed by atoms with Crippen molar-refractivity contribution in [1.29, 1.82) is 0 Å². The van der Waals surface area contributed by atoms with Crippen molar-refractivity contribution in [3.8, 4) is 0 Å². The Bertz CT molecular complexity index is 55.1. The number of hydrogen-bond donors (Lipinski definition) is 2. The van der Waals surface area contributed by atoms with Gasteiger partial charge >= 0.3 is 0 Å². The Morgan fingerprint density at radius 3 is 1.71 bits per heavy atom. The zero-order valence-electron chi connectivity index (χ0n) is 4.86. The molecule has 0 spiro atoms. The van der Waals surface area contributed by atoms with Crippen LogP contribution in [0.4, 0.5) is 0 Å². The SMILES string of the molecule is CC1NCNC1C. The molecule has 0 radical (unpaired) electrons. The van der Waals surface area contributed by atoms with Crippen molar-refractivity contribution in [3.63, 3.8) is 0 Å². The highest BCUT2D eigenvalue weighted by atomic mass is 15.2. The van der Waals surface area contributed by atoms with E-state index in [0.29, 0.717) is 12.1 Å². The summed E-state index contributed by atoms with van der Waals surface area (Å²) in [6.07, 6.45) is 0. The molecule has 7 heavy (non-hydrogen) atoms. The summed E-state index contributed by atoms with van der Waals surface area (Å²) in [5.41, 5.74) is 0. The van der Waals surface area contributed by atoms with Crippen LogP contribution in [0.2, 0.25) is 0 Å². The first-order valence-corrected chi connectivity index (χ1v) is 2.77. The van der Waals surface area contributed by atoms with Crippen molar-refractivity contribution in [2.45, 2.75) is 25.9 Å². The van der Waals surface area contributed by atoms with Gasteiger partial charge in [0.25, 0.3) is 0 Å². The molecule has 2 nitrogen and oxygen atoms in total. The van der Waals surface area contributed by atoms with Crippen LogP contribution < -0.4 is 10.6 Å². The van der Waals surface area contributed by atoms with Crippen molar-refractivity contribution in [3.05, 3.63) is 0 Å². The lowest BCUT2D eigenvalue weighted by Gasteiger charge is -2.05. The monoisotopic (exact) mass is 100 g/mol. The van der Waals surface area contributed by atoms with Gasteiger partial charge in [0.05, 0.1) is 0 Å². The minimum atomic E-state index is 0.653. The summed E-state index contributed by atoms with van der Waals surface area (Å²) in [6.45, 7) is 5.34. The van der Waals surface area contributed by atoms with Crippen LogP contribution in [0, 0.1) is 0 Å². The summed E-state index contributed by atoms with van der Waals surface area (Å²) in [6, 6.07) is 1.31. The lowest BCUT2D eigenvalue weighted by Crippen LogP contribution is -2.26. The van der Waals surface area contributed by atoms with E-state index in [9.17, 15) is 0 Å². The molecule has 0 saturated carbocycles. The minimum absolute atomic E-state index is 0.653. The highest BCUT2D eigenvalue weighted by Crippen LogP contribution is 1.94. The van der Waals surface area contributed by atoms with Crippen LogP contribution in [0.25, 0.3) is 0 Å². The Hall–Kier alpha value is -0.0800. The minimum Gasteiger partial charge on any atom is -0.300 e. The van der Waals surface area contributed by atoms with Crippen molar-refractivity contribution >= 4 is 0 Å². The highest BCUT2D eigenvalue weighted by Gasteiger charge is 2.15. The second-order valence-electron chi connectivity index (χ2n) is 2.16. The molecule has 0 aromatic heterocycles. The molecule has 2 heteroatoms. The van der Waals surface area contributed by atoms with E-state index in [1.54, 1.807) is 0 Å². The van der Waals surface area contributed by atoms with Crippen LogP contribution in [-0.2, 0) is 0 Å². The van der Waals surface area contributed by atoms with Gasteiger partial charge in [0.1, 0.15) is 0 Å². The van der Waals surface area contributed by atoms with Crippen LogP contribution in [0.3, 0.4) is 0 Å². The maximum atomic E-state index is 3.26. The van der Waals surface area contributed by atoms with E-state index in [2.05, 4.69) is 24.5 Å². The summed E-state index contributed by atoms with van der Waals surface area (Å²) in [4.78, 5) is 0. The number of hydrogen-bond acceptors (Lipinski definition) is 2. The predicted molar refractivity (Wildman–Crippen MR) is 30.1 cm³/mol. The Morgan fingerprint density at radius 1 is 1.14 bits per heavy atom. The Balaban J connectivity index is 2.33. The molecule has 1 aliphatic heterocycles. The first kappa shape index (κ1) is 5.06. The average molecular weight is 100 g/mol. The van der Waals surface area contributed by atoms with Crippen molar-refractivity contribution < 1.29 is 0 Å². The third-order valence-corrected chi connectivity index (χ3v) is 1.60. The largest absolute Gasteiger partial charge is 0.300 e. The van der Waals surface area contributed by atoms with E-state index in [0.717, 1.165) is 6.67 Å². The molecule has 42 valence electrons. The van der Waals surface area contributed by atoms with Crippen LogP contribution in [0.5, 0.6) is 0 Å². The van der Waals surface area contributed by atoms with Crippen LogP contribution in [0.15, 0.2) is 0 Å². The van der Waals surface area contributed by atoms with E-state index >= 15 is 0 Å². The van der Waals surface area contributed by atoms with E-state index in [-0.39, 0.29) is 0 Å². The molecule has 0 aromatic rings. The smallest absolute Gasteiger partial charge is 0.0459 e. The van der Waals surface area contributed by atoms with Gasteiger partial charge in [-0.3, -0.25) is 0 Å². The molecule has 1 fully saturated rings. The van der Waals surface area contributed by atoms with Crippen molar-refractivity contribution in [1.82, 2.24) is 10.6 Å². The van der Waals surface area contributed by atoms with E-state index < -0.39 is 0 Å². The number of nitrogens with one attached hydrogen (secondary N) is 2. The first-order chi connectivity index (χ1) is 3.30. The lowest BCUT2D eigenvalue weighted by atomic mass is 10.2. The summed E-state index contributed by atoms with van der Waals surface area (Å²) in [7, 11) is 0. The molecule has 1 saturated heterocycles. The molecule has 0 aliphatic carbocycles. The molecular formula is C5H12N2. The third kappa shape index (κ3) is 0.924. The summed E-state index contributed by atoms with van der Waals surface area (Å²) in [5.74, 6) is 0. The van der Waals surface area contributed by atoms with Crippen LogP contribution in [0.1, 0.15) is 13.8 Å². The third-order valence-electron chi connectivity index (χ3n) is 1.60. The summed E-state index contributed by atoms with van der Waals surface area (Å²) in [5, 5.41) is 6.52. The number of rotatable bonds is 0. The molecule has 0 amide bonds. The fourth-order valence-corrected chi connectivity index (χ4v) is 0.734. The van der Waals surface area contributed by atoms with Gasteiger partial charge in [0.15, 0.2) is 0 Å². The van der Waals surface area contributed by atoms with Gasteiger partial charge in [-0.15, -0.1) is 0 Å². The molecule has 1 heterocycles. The quantitative estimate of drug-likeness (QED) is 0.444. The molecule has 2 N–H and O–H groups in total. The molecule has 2 atom stereocenters. The maximum Gasteiger partial charge on any atom is 0.0459 e.